The predicted molar refractivity (Wildman–Crippen MR) is 81.5 cm³/mol. The van der Waals surface area contributed by atoms with Crippen molar-refractivity contribution >= 4 is 5.69 Å². The van der Waals surface area contributed by atoms with Crippen LogP contribution in [-0.2, 0) is 6.42 Å². The van der Waals surface area contributed by atoms with Gasteiger partial charge in [0.2, 0.25) is 0 Å². The molecule has 1 heteroatoms. The van der Waals surface area contributed by atoms with Crippen molar-refractivity contribution in [3.63, 3.8) is 0 Å². The summed E-state index contributed by atoms with van der Waals surface area (Å²) in [6.45, 7) is 3.43. The monoisotopic (exact) mass is 253 g/mol. The van der Waals surface area contributed by atoms with E-state index in [1.807, 2.05) is 0 Å². The van der Waals surface area contributed by atoms with Crippen molar-refractivity contribution in [1.29, 1.82) is 0 Å². The highest BCUT2D eigenvalue weighted by Gasteiger charge is 2.38. The first-order chi connectivity index (χ1) is 9.24. The Morgan fingerprint density at radius 3 is 2.84 bits per heavy atom. The van der Waals surface area contributed by atoms with Crippen LogP contribution in [0.3, 0.4) is 0 Å². The third-order valence-corrected chi connectivity index (χ3v) is 4.73. The molecule has 2 aliphatic rings. The molecule has 0 spiro atoms. The Kier molecular flexibility index (Phi) is 3.27. The lowest BCUT2D eigenvalue weighted by atomic mass is 9.99. The molecule has 1 aliphatic heterocycles. The first kappa shape index (κ1) is 12.6. The van der Waals surface area contributed by atoms with Crippen molar-refractivity contribution in [1.82, 2.24) is 0 Å². The van der Waals surface area contributed by atoms with E-state index in [1.165, 1.54) is 61.9 Å². The molecule has 0 N–H and O–H groups in total. The fraction of sp³-hybridized carbons (Fsp3) is 0.556. The van der Waals surface area contributed by atoms with E-state index in [0.717, 1.165) is 0 Å². The number of fused-ring (bicyclic) bond motifs is 1. The second kappa shape index (κ2) is 4.93. The smallest absolute Gasteiger partial charge is 0.0408 e. The standard InChI is InChI=1S/C18H23N/c1-3-18(12-13-18)11-10-15-7-6-9-17-16(15)8-4-5-14-19(17)2/h6-7,9H,3-5,8,12-14H2,1-2H3. The van der Waals surface area contributed by atoms with Gasteiger partial charge in [-0.1, -0.05) is 24.8 Å². The number of benzene rings is 1. The molecule has 1 aromatic rings. The van der Waals surface area contributed by atoms with Gasteiger partial charge in [0.1, 0.15) is 0 Å². The molecule has 0 bridgehead atoms. The molecule has 3 rings (SSSR count). The van der Waals surface area contributed by atoms with Crippen LogP contribution in [0.1, 0.15) is 50.2 Å². The first-order valence-electron chi connectivity index (χ1n) is 7.60. The van der Waals surface area contributed by atoms with Crippen molar-refractivity contribution in [2.45, 2.75) is 45.4 Å². The molecule has 0 unspecified atom stereocenters. The van der Waals surface area contributed by atoms with Gasteiger partial charge < -0.3 is 4.90 Å². The molecular weight excluding hydrogens is 230 g/mol. The molecule has 1 aromatic carbocycles. The number of hydrogen-bond donors (Lipinski definition) is 0. The quantitative estimate of drug-likeness (QED) is 0.684. The highest BCUT2D eigenvalue weighted by Crippen LogP contribution is 2.48. The van der Waals surface area contributed by atoms with Crippen LogP contribution in [0.2, 0.25) is 0 Å². The molecule has 0 radical (unpaired) electrons. The summed E-state index contributed by atoms with van der Waals surface area (Å²) in [5.74, 6) is 7.05. The van der Waals surface area contributed by atoms with Crippen molar-refractivity contribution in [2.24, 2.45) is 5.41 Å². The SMILES string of the molecule is CCC1(C#Cc2cccc3c2CCCCN3C)CC1. The Morgan fingerprint density at radius 2 is 2.11 bits per heavy atom. The van der Waals surface area contributed by atoms with Crippen molar-refractivity contribution in [3.8, 4) is 11.8 Å². The maximum Gasteiger partial charge on any atom is 0.0408 e. The molecule has 0 amide bonds. The lowest BCUT2D eigenvalue weighted by Gasteiger charge is -2.19. The highest BCUT2D eigenvalue weighted by atomic mass is 15.1. The number of hydrogen-bond acceptors (Lipinski definition) is 1. The Labute approximate surface area is 117 Å². The van der Waals surface area contributed by atoms with Gasteiger partial charge in [-0.2, -0.15) is 0 Å². The maximum absolute atomic E-state index is 3.55. The van der Waals surface area contributed by atoms with Gasteiger partial charge in [0.15, 0.2) is 0 Å². The molecule has 1 fully saturated rings. The maximum atomic E-state index is 3.55. The number of rotatable bonds is 1. The fourth-order valence-corrected chi connectivity index (χ4v) is 3.00. The number of anilines is 1. The van der Waals surface area contributed by atoms with Crippen LogP contribution in [0.4, 0.5) is 5.69 Å². The Balaban J connectivity index is 1.96. The van der Waals surface area contributed by atoms with E-state index in [0.29, 0.717) is 5.41 Å². The molecule has 0 atom stereocenters. The van der Waals surface area contributed by atoms with E-state index in [2.05, 4.69) is 48.9 Å². The molecule has 0 aromatic heterocycles. The first-order valence-corrected chi connectivity index (χ1v) is 7.60. The highest BCUT2D eigenvalue weighted by molar-refractivity contribution is 5.61. The molecule has 1 saturated carbocycles. The Hall–Kier alpha value is -1.42. The van der Waals surface area contributed by atoms with Gasteiger partial charge in [-0.25, -0.2) is 0 Å². The average Bonchev–Trinajstić information content (AvgIpc) is 3.23. The van der Waals surface area contributed by atoms with E-state index in [4.69, 9.17) is 0 Å². The minimum absolute atomic E-state index is 0.360. The van der Waals surface area contributed by atoms with Crippen LogP contribution in [0.15, 0.2) is 18.2 Å². The summed E-state index contributed by atoms with van der Waals surface area (Å²) in [5, 5.41) is 0. The van der Waals surface area contributed by atoms with E-state index >= 15 is 0 Å². The van der Waals surface area contributed by atoms with Gasteiger partial charge in [0.25, 0.3) is 0 Å². The summed E-state index contributed by atoms with van der Waals surface area (Å²) in [7, 11) is 2.20. The zero-order valence-corrected chi connectivity index (χ0v) is 12.1. The summed E-state index contributed by atoms with van der Waals surface area (Å²) in [5.41, 5.74) is 4.50. The van der Waals surface area contributed by atoms with Crippen LogP contribution in [0.25, 0.3) is 0 Å². The molecule has 0 saturated heterocycles. The second-order valence-electron chi connectivity index (χ2n) is 6.07. The molecular formula is C18H23N. The zero-order valence-electron chi connectivity index (χ0n) is 12.1. The van der Waals surface area contributed by atoms with Gasteiger partial charge in [-0.15, -0.1) is 0 Å². The molecule has 19 heavy (non-hydrogen) atoms. The van der Waals surface area contributed by atoms with Crippen LogP contribution >= 0.6 is 0 Å². The minimum atomic E-state index is 0.360. The Bertz CT molecular complexity index is 528. The molecule has 1 nitrogen and oxygen atoms in total. The summed E-state index contributed by atoms with van der Waals surface area (Å²) < 4.78 is 0. The summed E-state index contributed by atoms with van der Waals surface area (Å²) in [4.78, 5) is 2.39. The van der Waals surface area contributed by atoms with Gasteiger partial charge in [-0.3, -0.25) is 0 Å². The van der Waals surface area contributed by atoms with E-state index in [1.54, 1.807) is 0 Å². The van der Waals surface area contributed by atoms with Crippen molar-refractivity contribution < 1.29 is 0 Å². The van der Waals surface area contributed by atoms with E-state index in [-0.39, 0.29) is 0 Å². The molecule has 1 aliphatic carbocycles. The van der Waals surface area contributed by atoms with Crippen LogP contribution in [-0.4, -0.2) is 13.6 Å². The minimum Gasteiger partial charge on any atom is -0.374 e. The van der Waals surface area contributed by atoms with Gasteiger partial charge in [-0.05, 0) is 56.2 Å². The fourth-order valence-electron chi connectivity index (χ4n) is 3.00. The third-order valence-electron chi connectivity index (χ3n) is 4.73. The van der Waals surface area contributed by atoms with Gasteiger partial charge >= 0.3 is 0 Å². The summed E-state index contributed by atoms with van der Waals surface area (Å²) >= 11 is 0. The van der Waals surface area contributed by atoms with Crippen molar-refractivity contribution in [3.05, 3.63) is 29.3 Å². The van der Waals surface area contributed by atoms with Crippen molar-refractivity contribution in [2.75, 3.05) is 18.5 Å². The van der Waals surface area contributed by atoms with Crippen LogP contribution < -0.4 is 4.90 Å². The lowest BCUT2D eigenvalue weighted by Crippen LogP contribution is -2.17. The second-order valence-corrected chi connectivity index (χ2v) is 6.07. The summed E-state index contributed by atoms with van der Waals surface area (Å²) in [6.07, 6.45) is 7.56. The average molecular weight is 253 g/mol. The largest absolute Gasteiger partial charge is 0.374 e. The van der Waals surface area contributed by atoms with Gasteiger partial charge in [0, 0.05) is 30.3 Å². The molecule has 1 heterocycles. The lowest BCUT2D eigenvalue weighted by molar-refractivity contribution is 0.651. The van der Waals surface area contributed by atoms with Gasteiger partial charge in [0.05, 0.1) is 0 Å². The topological polar surface area (TPSA) is 3.24 Å². The normalized spacial score (nSPS) is 20.0. The zero-order chi connectivity index (χ0) is 13.3. The van der Waals surface area contributed by atoms with Crippen LogP contribution in [0, 0.1) is 17.3 Å². The predicted octanol–water partition coefficient (Wildman–Crippen LogP) is 4.00. The third kappa shape index (κ3) is 2.50. The number of nitrogens with zero attached hydrogens (tertiary/aromatic N) is 1. The Morgan fingerprint density at radius 1 is 1.26 bits per heavy atom. The van der Waals surface area contributed by atoms with Crippen LogP contribution in [0.5, 0.6) is 0 Å². The summed E-state index contributed by atoms with van der Waals surface area (Å²) in [6, 6.07) is 6.62. The van der Waals surface area contributed by atoms with E-state index < -0.39 is 0 Å². The molecule has 100 valence electrons. The van der Waals surface area contributed by atoms with E-state index in [9.17, 15) is 0 Å².